The fourth-order valence-corrected chi connectivity index (χ4v) is 2.34. The van der Waals surface area contributed by atoms with Crippen LogP contribution in [0, 0.1) is 11.6 Å². The quantitative estimate of drug-likeness (QED) is 0.844. The number of methoxy groups -OCH3 is 3. The molecule has 1 aliphatic carbocycles. The van der Waals surface area contributed by atoms with E-state index in [1.807, 2.05) is 0 Å². The van der Waals surface area contributed by atoms with Crippen LogP contribution in [0.15, 0.2) is 35.5 Å². The average molecular weight is 282 g/mol. The minimum absolute atomic E-state index is 0.313. The van der Waals surface area contributed by atoms with Crippen molar-refractivity contribution >= 4 is 5.57 Å². The summed E-state index contributed by atoms with van der Waals surface area (Å²) in [6.45, 7) is 0. The van der Waals surface area contributed by atoms with E-state index in [0.29, 0.717) is 41.3 Å². The summed E-state index contributed by atoms with van der Waals surface area (Å²) in [5.41, 5.74) is 0.954. The second kappa shape index (κ2) is 5.94. The van der Waals surface area contributed by atoms with Crippen LogP contribution in [0.4, 0.5) is 8.78 Å². The molecule has 0 saturated heterocycles. The normalized spacial score (nSPS) is 15.4. The van der Waals surface area contributed by atoms with E-state index in [4.69, 9.17) is 14.2 Å². The number of allylic oxidation sites excluding steroid dienone is 2. The number of rotatable bonds is 4. The van der Waals surface area contributed by atoms with Gasteiger partial charge >= 0.3 is 0 Å². The third-order valence-corrected chi connectivity index (χ3v) is 3.25. The molecule has 0 fully saturated rings. The summed E-state index contributed by atoms with van der Waals surface area (Å²) in [4.78, 5) is 0. The first-order valence-electron chi connectivity index (χ1n) is 6.16. The Kier molecular flexibility index (Phi) is 4.27. The highest BCUT2D eigenvalue weighted by atomic mass is 19.1. The van der Waals surface area contributed by atoms with Crippen LogP contribution in [0.5, 0.6) is 0 Å². The van der Waals surface area contributed by atoms with Crippen molar-refractivity contribution in [3.05, 3.63) is 52.7 Å². The van der Waals surface area contributed by atoms with Crippen LogP contribution in [0.1, 0.15) is 18.4 Å². The van der Waals surface area contributed by atoms with Gasteiger partial charge in [-0.15, -0.1) is 0 Å². The van der Waals surface area contributed by atoms with E-state index in [1.54, 1.807) is 7.11 Å². The van der Waals surface area contributed by atoms with E-state index < -0.39 is 11.6 Å². The van der Waals surface area contributed by atoms with Gasteiger partial charge in [0.15, 0.2) is 11.5 Å². The number of hydrogen-bond donors (Lipinski definition) is 0. The van der Waals surface area contributed by atoms with Crippen LogP contribution in [0.2, 0.25) is 0 Å². The average Bonchev–Trinajstić information content (AvgIpc) is 2.45. The van der Waals surface area contributed by atoms with E-state index in [9.17, 15) is 8.78 Å². The van der Waals surface area contributed by atoms with Crippen LogP contribution in [-0.2, 0) is 14.2 Å². The van der Waals surface area contributed by atoms with Gasteiger partial charge in [-0.2, -0.15) is 0 Å². The predicted octanol–water partition coefficient (Wildman–Crippen LogP) is 3.62. The molecule has 20 heavy (non-hydrogen) atoms. The molecule has 2 rings (SSSR count). The lowest BCUT2D eigenvalue weighted by Gasteiger charge is -2.23. The predicted molar refractivity (Wildman–Crippen MR) is 70.6 cm³/mol. The smallest absolute Gasteiger partial charge is 0.199 e. The lowest BCUT2D eigenvalue weighted by atomic mass is 9.93. The number of ether oxygens (including phenoxy) is 3. The van der Waals surface area contributed by atoms with E-state index in [2.05, 4.69) is 0 Å². The fraction of sp³-hybridized carbons (Fsp3) is 0.333. The third-order valence-electron chi connectivity index (χ3n) is 3.25. The van der Waals surface area contributed by atoms with Crippen LogP contribution in [0.3, 0.4) is 0 Å². The zero-order chi connectivity index (χ0) is 14.7. The van der Waals surface area contributed by atoms with Crippen molar-refractivity contribution in [3.8, 4) is 0 Å². The molecular formula is C15H16F2O3. The summed E-state index contributed by atoms with van der Waals surface area (Å²) in [5.74, 6) is 0.282. The standard InChI is InChI=1S/C15H16F2O3/c1-18-13-7-6-11(14(19-2)15(13)20-3)10-5-4-9(16)8-12(10)17/h4-5,8H,6-7H2,1-3H3. The van der Waals surface area contributed by atoms with Gasteiger partial charge < -0.3 is 14.2 Å². The maximum absolute atomic E-state index is 13.9. The molecule has 0 atom stereocenters. The Balaban J connectivity index is 2.58. The molecule has 5 heteroatoms. The largest absolute Gasteiger partial charge is 0.497 e. The molecular weight excluding hydrogens is 266 g/mol. The van der Waals surface area contributed by atoms with Crippen molar-refractivity contribution in [1.82, 2.24) is 0 Å². The van der Waals surface area contributed by atoms with E-state index in [-0.39, 0.29) is 0 Å². The van der Waals surface area contributed by atoms with Gasteiger partial charge in [0.05, 0.1) is 21.3 Å². The highest BCUT2D eigenvalue weighted by Crippen LogP contribution is 2.37. The van der Waals surface area contributed by atoms with Gasteiger partial charge in [-0.25, -0.2) is 8.78 Å². The molecule has 0 unspecified atom stereocenters. The molecule has 0 saturated carbocycles. The van der Waals surface area contributed by atoms with Gasteiger partial charge in [0.1, 0.15) is 17.4 Å². The van der Waals surface area contributed by atoms with Crippen molar-refractivity contribution in [3.63, 3.8) is 0 Å². The van der Waals surface area contributed by atoms with Crippen LogP contribution in [0.25, 0.3) is 5.57 Å². The molecule has 3 nitrogen and oxygen atoms in total. The van der Waals surface area contributed by atoms with Crippen LogP contribution in [-0.4, -0.2) is 21.3 Å². The Bertz CT molecular complexity index is 576. The molecule has 0 bridgehead atoms. The molecule has 0 heterocycles. The summed E-state index contributed by atoms with van der Waals surface area (Å²) in [6.07, 6.45) is 1.10. The van der Waals surface area contributed by atoms with Gasteiger partial charge in [0.2, 0.25) is 0 Å². The second-order valence-corrected chi connectivity index (χ2v) is 4.30. The van der Waals surface area contributed by atoms with E-state index in [1.165, 1.54) is 26.4 Å². The molecule has 0 aliphatic heterocycles. The summed E-state index contributed by atoms with van der Waals surface area (Å²) in [7, 11) is 4.52. The van der Waals surface area contributed by atoms with Gasteiger partial charge in [-0.05, 0) is 18.6 Å². The zero-order valence-electron chi connectivity index (χ0n) is 11.6. The fourth-order valence-electron chi connectivity index (χ4n) is 2.34. The van der Waals surface area contributed by atoms with Crippen molar-refractivity contribution < 1.29 is 23.0 Å². The summed E-state index contributed by atoms with van der Waals surface area (Å²) >= 11 is 0. The Hall–Kier alpha value is -2.04. The molecule has 1 aliphatic rings. The molecule has 1 aromatic carbocycles. The first kappa shape index (κ1) is 14.4. The summed E-state index contributed by atoms with van der Waals surface area (Å²) in [5, 5.41) is 0. The summed E-state index contributed by atoms with van der Waals surface area (Å²) < 4.78 is 42.8. The second-order valence-electron chi connectivity index (χ2n) is 4.30. The minimum Gasteiger partial charge on any atom is -0.497 e. The lowest BCUT2D eigenvalue weighted by Crippen LogP contribution is -2.11. The van der Waals surface area contributed by atoms with Gasteiger partial charge in [0, 0.05) is 23.6 Å². The number of benzene rings is 1. The molecule has 0 spiro atoms. The maximum Gasteiger partial charge on any atom is 0.199 e. The zero-order valence-corrected chi connectivity index (χ0v) is 11.6. The van der Waals surface area contributed by atoms with Crippen molar-refractivity contribution in [1.29, 1.82) is 0 Å². The Morgan fingerprint density at radius 1 is 0.900 bits per heavy atom. The highest BCUT2D eigenvalue weighted by molar-refractivity contribution is 5.72. The SMILES string of the molecule is COC1=C(OC)C(OC)=C(c2ccc(F)cc2F)CC1. The molecule has 0 amide bonds. The van der Waals surface area contributed by atoms with Crippen molar-refractivity contribution in [2.75, 3.05) is 21.3 Å². The van der Waals surface area contributed by atoms with Gasteiger partial charge in [-0.3, -0.25) is 0 Å². The number of halogens is 2. The molecule has 0 N–H and O–H groups in total. The summed E-state index contributed by atoms with van der Waals surface area (Å²) in [6, 6.07) is 3.49. The first-order valence-corrected chi connectivity index (χ1v) is 6.16. The minimum atomic E-state index is -0.620. The van der Waals surface area contributed by atoms with E-state index >= 15 is 0 Å². The van der Waals surface area contributed by atoms with Crippen molar-refractivity contribution in [2.24, 2.45) is 0 Å². The topological polar surface area (TPSA) is 27.7 Å². The third kappa shape index (κ3) is 2.48. The highest BCUT2D eigenvalue weighted by Gasteiger charge is 2.26. The molecule has 0 aromatic heterocycles. The first-order chi connectivity index (χ1) is 9.62. The maximum atomic E-state index is 13.9. The Labute approximate surface area is 116 Å². The number of hydrogen-bond acceptors (Lipinski definition) is 3. The molecule has 108 valence electrons. The lowest BCUT2D eigenvalue weighted by molar-refractivity contribution is 0.176. The van der Waals surface area contributed by atoms with Crippen LogP contribution < -0.4 is 0 Å². The Morgan fingerprint density at radius 3 is 2.15 bits per heavy atom. The monoisotopic (exact) mass is 282 g/mol. The van der Waals surface area contributed by atoms with Gasteiger partial charge in [0.25, 0.3) is 0 Å². The van der Waals surface area contributed by atoms with Gasteiger partial charge in [-0.1, -0.05) is 0 Å². The molecule has 0 radical (unpaired) electrons. The van der Waals surface area contributed by atoms with E-state index in [0.717, 1.165) is 6.07 Å². The van der Waals surface area contributed by atoms with Crippen molar-refractivity contribution in [2.45, 2.75) is 12.8 Å². The molecule has 1 aromatic rings. The Morgan fingerprint density at radius 2 is 1.60 bits per heavy atom. The van der Waals surface area contributed by atoms with Crippen LogP contribution >= 0.6 is 0 Å².